The minimum atomic E-state index is -2.40. The fourth-order valence-corrected chi connectivity index (χ4v) is 3.00. The van der Waals surface area contributed by atoms with E-state index in [1.165, 1.54) is 11.6 Å². The van der Waals surface area contributed by atoms with Gasteiger partial charge in [0.1, 0.15) is 0 Å². The molecule has 2 unspecified atom stereocenters. The summed E-state index contributed by atoms with van der Waals surface area (Å²) in [7, 11) is 0. The van der Waals surface area contributed by atoms with Crippen LogP contribution in [0.4, 0.5) is 8.78 Å². The van der Waals surface area contributed by atoms with E-state index >= 15 is 0 Å². The third kappa shape index (κ3) is 2.59. The van der Waals surface area contributed by atoms with Gasteiger partial charge in [-0.05, 0) is 30.2 Å². The van der Waals surface area contributed by atoms with Gasteiger partial charge in [0.25, 0.3) is 6.43 Å². The molecule has 0 aliphatic carbocycles. The summed E-state index contributed by atoms with van der Waals surface area (Å²) in [5.74, 6) is 0.260. The summed E-state index contributed by atoms with van der Waals surface area (Å²) < 4.78 is 25.7. The van der Waals surface area contributed by atoms with Crippen LogP contribution in [0.25, 0.3) is 0 Å². The van der Waals surface area contributed by atoms with Crippen molar-refractivity contribution in [2.24, 2.45) is 0 Å². The lowest BCUT2D eigenvalue weighted by Crippen LogP contribution is -2.17. The zero-order valence-electron chi connectivity index (χ0n) is 11.1. The van der Waals surface area contributed by atoms with Gasteiger partial charge in [-0.1, -0.05) is 48.5 Å². The Morgan fingerprint density at radius 2 is 1.70 bits per heavy atom. The van der Waals surface area contributed by atoms with Gasteiger partial charge in [-0.2, -0.15) is 0 Å². The average molecular weight is 273 g/mol. The number of hydrogen-bond acceptors (Lipinski definition) is 1. The van der Waals surface area contributed by atoms with Crippen molar-refractivity contribution in [1.82, 2.24) is 5.32 Å². The largest absolute Gasteiger partial charge is 0.309 e. The molecule has 1 heterocycles. The van der Waals surface area contributed by atoms with Crippen LogP contribution < -0.4 is 5.32 Å². The molecule has 1 aliphatic rings. The van der Waals surface area contributed by atoms with E-state index in [0.717, 1.165) is 18.5 Å². The van der Waals surface area contributed by atoms with Gasteiger partial charge >= 0.3 is 0 Å². The highest BCUT2D eigenvalue weighted by molar-refractivity contribution is 5.32. The van der Waals surface area contributed by atoms with Gasteiger partial charge in [-0.3, -0.25) is 0 Å². The predicted octanol–water partition coefficient (Wildman–Crippen LogP) is 4.44. The lowest BCUT2D eigenvalue weighted by atomic mass is 9.87. The third-order valence-corrected chi connectivity index (χ3v) is 3.97. The molecule has 104 valence electrons. The normalized spacial score (nSPS) is 22.4. The van der Waals surface area contributed by atoms with Crippen LogP contribution in [0.2, 0.25) is 0 Å². The van der Waals surface area contributed by atoms with Crippen molar-refractivity contribution in [3.63, 3.8) is 0 Å². The second-order valence-electron chi connectivity index (χ2n) is 5.21. The molecule has 1 fully saturated rings. The highest BCUT2D eigenvalue weighted by atomic mass is 19.3. The average Bonchev–Trinajstić information content (AvgIpc) is 2.98. The minimum Gasteiger partial charge on any atom is -0.309 e. The number of nitrogens with one attached hydrogen (secondary N) is 1. The number of rotatable bonds is 3. The highest BCUT2D eigenvalue weighted by Crippen LogP contribution is 2.38. The molecule has 1 nitrogen and oxygen atoms in total. The van der Waals surface area contributed by atoms with Crippen LogP contribution in [0.1, 0.15) is 41.5 Å². The smallest absolute Gasteiger partial charge is 0.263 e. The Bertz CT molecular complexity index is 568. The van der Waals surface area contributed by atoms with Gasteiger partial charge in [-0.25, -0.2) is 8.78 Å². The van der Waals surface area contributed by atoms with E-state index in [1.54, 1.807) is 12.1 Å². The summed E-state index contributed by atoms with van der Waals surface area (Å²) in [5.41, 5.74) is 2.33. The molecule has 2 aromatic carbocycles. The van der Waals surface area contributed by atoms with Crippen molar-refractivity contribution >= 4 is 0 Å². The van der Waals surface area contributed by atoms with Crippen molar-refractivity contribution < 1.29 is 8.78 Å². The molecule has 1 saturated heterocycles. The standard InChI is InChI=1S/C17H17F2N/c18-17(19)14-8-4-7-13(11-14)15-9-10-20-16(15)12-5-2-1-3-6-12/h1-8,11,15-17,20H,9-10H2. The number of halogens is 2. The summed E-state index contributed by atoms with van der Waals surface area (Å²) in [6.07, 6.45) is -1.42. The van der Waals surface area contributed by atoms with Crippen LogP contribution in [0.3, 0.4) is 0 Å². The van der Waals surface area contributed by atoms with Gasteiger partial charge in [0.2, 0.25) is 0 Å². The molecule has 3 rings (SSSR count). The van der Waals surface area contributed by atoms with E-state index < -0.39 is 6.43 Å². The SMILES string of the molecule is FC(F)c1cccc(C2CCNC2c2ccccc2)c1. The number of alkyl halides is 2. The Balaban J connectivity index is 1.91. The molecular weight excluding hydrogens is 256 g/mol. The Morgan fingerprint density at radius 1 is 0.950 bits per heavy atom. The summed E-state index contributed by atoms with van der Waals surface area (Å²) in [5, 5.41) is 3.48. The molecule has 20 heavy (non-hydrogen) atoms. The van der Waals surface area contributed by atoms with Crippen LogP contribution in [0.15, 0.2) is 54.6 Å². The van der Waals surface area contributed by atoms with Crippen molar-refractivity contribution in [3.8, 4) is 0 Å². The zero-order valence-corrected chi connectivity index (χ0v) is 11.1. The van der Waals surface area contributed by atoms with E-state index in [9.17, 15) is 8.78 Å². The maximum atomic E-state index is 12.8. The first-order valence-corrected chi connectivity index (χ1v) is 6.92. The van der Waals surface area contributed by atoms with Gasteiger partial charge < -0.3 is 5.32 Å². The molecule has 1 aliphatic heterocycles. The van der Waals surface area contributed by atoms with Crippen molar-refractivity contribution in [2.45, 2.75) is 24.8 Å². The van der Waals surface area contributed by atoms with Crippen LogP contribution >= 0.6 is 0 Å². The summed E-state index contributed by atoms with van der Waals surface area (Å²) in [4.78, 5) is 0. The van der Waals surface area contributed by atoms with Crippen LogP contribution in [0, 0.1) is 0 Å². The second kappa shape index (κ2) is 5.71. The maximum Gasteiger partial charge on any atom is 0.263 e. The summed E-state index contributed by atoms with van der Waals surface area (Å²) in [6, 6.07) is 17.3. The molecule has 2 aromatic rings. The fourth-order valence-electron chi connectivity index (χ4n) is 3.00. The lowest BCUT2D eigenvalue weighted by Gasteiger charge is -2.21. The molecule has 1 N–H and O–H groups in total. The molecule has 0 radical (unpaired) electrons. The Labute approximate surface area is 117 Å². The summed E-state index contributed by atoms with van der Waals surface area (Å²) in [6.45, 7) is 0.920. The van der Waals surface area contributed by atoms with Crippen molar-refractivity contribution in [1.29, 1.82) is 0 Å². The monoisotopic (exact) mass is 273 g/mol. The molecule has 0 bridgehead atoms. The molecule has 0 aromatic heterocycles. The molecule has 2 atom stereocenters. The first-order valence-electron chi connectivity index (χ1n) is 6.92. The van der Waals surface area contributed by atoms with Crippen LogP contribution in [-0.4, -0.2) is 6.54 Å². The number of hydrogen-bond donors (Lipinski definition) is 1. The molecular formula is C17H17F2N. The van der Waals surface area contributed by atoms with E-state index in [0.29, 0.717) is 0 Å². The quantitative estimate of drug-likeness (QED) is 0.871. The Kier molecular flexibility index (Phi) is 3.79. The predicted molar refractivity (Wildman–Crippen MR) is 75.9 cm³/mol. The molecule has 0 amide bonds. The Hall–Kier alpha value is -1.74. The third-order valence-electron chi connectivity index (χ3n) is 3.97. The topological polar surface area (TPSA) is 12.0 Å². The van der Waals surface area contributed by atoms with Crippen LogP contribution in [-0.2, 0) is 0 Å². The summed E-state index contributed by atoms with van der Waals surface area (Å²) >= 11 is 0. The van der Waals surface area contributed by atoms with Gasteiger partial charge in [0, 0.05) is 17.5 Å². The fraction of sp³-hybridized carbons (Fsp3) is 0.294. The van der Waals surface area contributed by atoms with E-state index in [-0.39, 0.29) is 17.5 Å². The van der Waals surface area contributed by atoms with Gasteiger partial charge in [-0.15, -0.1) is 0 Å². The van der Waals surface area contributed by atoms with Gasteiger partial charge in [0.05, 0.1) is 0 Å². The Morgan fingerprint density at radius 3 is 2.45 bits per heavy atom. The molecule has 3 heteroatoms. The molecule has 0 saturated carbocycles. The van der Waals surface area contributed by atoms with Crippen molar-refractivity contribution in [2.75, 3.05) is 6.54 Å². The van der Waals surface area contributed by atoms with Crippen LogP contribution in [0.5, 0.6) is 0 Å². The van der Waals surface area contributed by atoms with Crippen molar-refractivity contribution in [3.05, 3.63) is 71.3 Å². The zero-order chi connectivity index (χ0) is 13.9. The van der Waals surface area contributed by atoms with E-state index in [4.69, 9.17) is 0 Å². The first-order chi connectivity index (χ1) is 9.75. The highest BCUT2D eigenvalue weighted by Gasteiger charge is 2.29. The van der Waals surface area contributed by atoms with E-state index in [2.05, 4.69) is 17.4 Å². The number of benzene rings is 2. The maximum absolute atomic E-state index is 12.8. The second-order valence-corrected chi connectivity index (χ2v) is 5.21. The molecule has 0 spiro atoms. The lowest BCUT2D eigenvalue weighted by molar-refractivity contribution is 0.151. The first kappa shape index (κ1) is 13.3. The minimum absolute atomic E-state index is 0.112. The van der Waals surface area contributed by atoms with E-state index in [1.807, 2.05) is 24.3 Å². The van der Waals surface area contributed by atoms with Gasteiger partial charge in [0.15, 0.2) is 0 Å².